The highest BCUT2D eigenvalue weighted by atomic mass is 32.2. The largest absolute Gasteiger partial charge is 0.382 e. The fourth-order valence-corrected chi connectivity index (χ4v) is 4.24. The molecule has 3 nitrogen and oxygen atoms in total. The fourth-order valence-electron chi connectivity index (χ4n) is 3.19. The molecule has 0 bridgehead atoms. The molecule has 0 aliphatic carbocycles. The van der Waals surface area contributed by atoms with Crippen molar-refractivity contribution in [2.45, 2.75) is 97.8 Å². The standard InChI is InChI=1S/C23H40O3S/c1-4-5-6-7-10-13-20-27(24,25)26-23-18-16-22(17-19-23)15-12-9-8-11-14-21(2)3/h16-19,21H,4-15,20H2,1-3H3. The van der Waals surface area contributed by atoms with E-state index in [2.05, 4.69) is 20.8 Å². The summed E-state index contributed by atoms with van der Waals surface area (Å²) < 4.78 is 29.4. The first-order valence-electron chi connectivity index (χ1n) is 10.9. The van der Waals surface area contributed by atoms with Crippen molar-refractivity contribution in [3.05, 3.63) is 29.8 Å². The minimum atomic E-state index is -3.47. The lowest BCUT2D eigenvalue weighted by molar-refractivity contribution is 0.481. The molecule has 0 aromatic heterocycles. The number of hydrogen-bond acceptors (Lipinski definition) is 3. The van der Waals surface area contributed by atoms with E-state index in [0.717, 1.165) is 25.2 Å². The average molecular weight is 397 g/mol. The number of rotatable bonds is 16. The van der Waals surface area contributed by atoms with Crippen LogP contribution < -0.4 is 4.18 Å². The zero-order valence-electron chi connectivity index (χ0n) is 17.7. The molecule has 0 aliphatic rings. The van der Waals surface area contributed by atoms with Crippen molar-refractivity contribution >= 4 is 10.1 Å². The maximum atomic E-state index is 12.1. The quantitative estimate of drug-likeness (QED) is 0.225. The lowest BCUT2D eigenvalue weighted by Crippen LogP contribution is -2.13. The van der Waals surface area contributed by atoms with Crippen LogP contribution in [0.25, 0.3) is 0 Å². The second-order valence-electron chi connectivity index (χ2n) is 8.10. The fraction of sp³-hybridized carbons (Fsp3) is 0.739. The Morgan fingerprint density at radius 2 is 1.41 bits per heavy atom. The van der Waals surface area contributed by atoms with Crippen molar-refractivity contribution in [3.8, 4) is 5.75 Å². The predicted molar refractivity (Wildman–Crippen MR) is 116 cm³/mol. The Bertz CT molecular complexity index is 576. The van der Waals surface area contributed by atoms with Gasteiger partial charge in [-0.3, -0.25) is 0 Å². The van der Waals surface area contributed by atoms with Gasteiger partial charge in [-0.05, 0) is 42.9 Å². The Balaban J connectivity index is 2.24. The van der Waals surface area contributed by atoms with E-state index >= 15 is 0 Å². The van der Waals surface area contributed by atoms with Gasteiger partial charge in [-0.2, -0.15) is 8.42 Å². The number of hydrogen-bond donors (Lipinski definition) is 0. The second kappa shape index (κ2) is 14.0. The Morgan fingerprint density at radius 3 is 2.07 bits per heavy atom. The van der Waals surface area contributed by atoms with Gasteiger partial charge in [0, 0.05) is 0 Å². The smallest absolute Gasteiger partial charge is 0.309 e. The molecule has 0 spiro atoms. The van der Waals surface area contributed by atoms with E-state index in [1.54, 1.807) is 12.1 Å². The Morgan fingerprint density at radius 1 is 0.815 bits per heavy atom. The molecule has 0 N–H and O–H groups in total. The van der Waals surface area contributed by atoms with E-state index < -0.39 is 10.1 Å². The molecule has 0 fully saturated rings. The summed E-state index contributed by atoms with van der Waals surface area (Å²) in [6, 6.07) is 7.55. The molecule has 27 heavy (non-hydrogen) atoms. The van der Waals surface area contributed by atoms with Gasteiger partial charge in [0.25, 0.3) is 0 Å². The predicted octanol–water partition coefficient (Wildman–Crippen LogP) is 6.90. The third-order valence-corrected chi connectivity index (χ3v) is 6.13. The molecule has 0 amide bonds. The second-order valence-corrected chi connectivity index (χ2v) is 9.79. The van der Waals surface area contributed by atoms with E-state index in [9.17, 15) is 8.42 Å². The van der Waals surface area contributed by atoms with Crippen LogP contribution in [0.5, 0.6) is 5.75 Å². The lowest BCUT2D eigenvalue weighted by atomic mass is 10.0. The van der Waals surface area contributed by atoms with Crippen molar-refractivity contribution in [3.63, 3.8) is 0 Å². The van der Waals surface area contributed by atoms with Crippen molar-refractivity contribution in [2.24, 2.45) is 5.92 Å². The van der Waals surface area contributed by atoms with Gasteiger partial charge in [0.1, 0.15) is 5.75 Å². The summed E-state index contributed by atoms with van der Waals surface area (Å²) in [4.78, 5) is 0. The lowest BCUT2D eigenvalue weighted by Gasteiger charge is -2.08. The van der Waals surface area contributed by atoms with Crippen molar-refractivity contribution in [1.82, 2.24) is 0 Å². The van der Waals surface area contributed by atoms with Crippen LogP contribution in [-0.4, -0.2) is 14.2 Å². The van der Waals surface area contributed by atoms with Crippen LogP contribution >= 0.6 is 0 Å². The summed E-state index contributed by atoms with van der Waals surface area (Å²) in [6.07, 6.45) is 13.8. The summed E-state index contributed by atoms with van der Waals surface area (Å²) in [5.74, 6) is 1.34. The third-order valence-electron chi connectivity index (χ3n) is 4.89. The average Bonchev–Trinajstić information content (AvgIpc) is 2.62. The first-order valence-corrected chi connectivity index (χ1v) is 12.5. The van der Waals surface area contributed by atoms with Gasteiger partial charge < -0.3 is 4.18 Å². The van der Waals surface area contributed by atoms with E-state index in [1.807, 2.05) is 12.1 Å². The number of benzene rings is 1. The molecular weight excluding hydrogens is 356 g/mol. The molecule has 0 atom stereocenters. The zero-order valence-corrected chi connectivity index (χ0v) is 18.5. The van der Waals surface area contributed by atoms with E-state index in [0.29, 0.717) is 12.2 Å². The van der Waals surface area contributed by atoms with Crippen LogP contribution in [0.1, 0.15) is 97.0 Å². The van der Waals surface area contributed by atoms with Crippen LogP contribution in [-0.2, 0) is 16.5 Å². The molecule has 0 aliphatic heterocycles. The summed E-state index contributed by atoms with van der Waals surface area (Å²) in [5.41, 5.74) is 1.25. The molecule has 0 heterocycles. The number of aryl methyl sites for hydroxylation is 1. The number of unbranched alkanes of at least 4 members (excludes halogenated alkanes) is 8. The van der Waals surface area contributed by atoms with E-state index in [1.165, 1.54) is 56.9 Å². The van der Waals surface area contributed by atoms with Gasteiger partial charge in [-0.25, -0.2) is 0 Å². The van der Waals surface area contributed by atoms with Gasteiger partial charge >= 0.3 is 10.1 Å². The van der Waals surface area contributed by atoms with Gasteiger partial charge in [-0.1, -0.05) is 90.7 Å². The van der Waals surface area contributed by atoms with Crippen LogP contribution in [0.3, 0.4) is 0 Å². The van der Waals surface area contributed by atoms with Crippen molar-refractivity contribution < 1.29 is 12.6 Å². The Kier molecular flexibility index (Phi) is 12.5. The first-order chi connectivity index (χ1) is 12.9. The van der Waals surface area contributed by atoms with Crippen molar-refractivity contribution in [1.29, 1.82) is 0 Å². The van der Waals surface area contributed by atoms with Crippen LogP contribution in [0.15, 0.2) is 24.3 Å². The van der Waals surface area contributed by atoms with E-state index in [4.69, 9.17) is 4.18 Å². The highest BCUT2D eigenvalue weighted by Crippen LogP contribution is 2.18. The maximum absolute atomic E-state index is 12.1. The van der Waals surface area contributed by atoms with Crippen molar-refractivity contribution in [2.75, 3.05) is 5.75 Å². The molecule has 1 rings (SSSR count). The van der Waals surface area contributed by atoms with Crippen LogP contribution in [0.4, 0.5) is 0 Å². The molecular formula is C23H40O3S. The minimum absolute atomic E-state index is 0.108. The van der Waals surface area contributed by atoms with Gasteiger partial charge in [0.2, 0.25) is 0 Å². The first kappa shape index (κ1) is 24.0. The van der Waals surface area contributed by atoms with Gasteiger partial charge in [0.05, 0.1) is 5.75 Å². The molecule has 156 valence electrons. The van der Waals surface area contributed by atoms with Gasteiger partial charge in [0.15, 0.2) is 0 Å². The molecule has 0 saturated heterocycles. The zero-order chi connectivity index (χ0) is 20.0. The molecule has 1 aromatic rings. The minimum Gasteiger partial charge on any atom is -0.382 e. The molecule has 0 saturated carbocycles. The maximum Gasteiger partial charge on any atom is 0.309 e. The Hall–Kier alpha value is -1.03. The summed E-state index contributed by atoms with van der Waals surface area (Å²) in [6.45, 7) is 6.73. The molecule has 1 aromatic carbocycles. The normalized spacial score (nSPS) is 11.9. The topological polar surface area (TPSA) is 43.4 Å². The SMILES string of the molecule is CCCCCCCCS(=O)(=O)Oc1ccc(CCCCCCC(C)C)cc1. The summed E-state index contributed by atoms with van der Waals surface area (Å²) in [5, 5.41) is 0. The highest BCUT2D eigenvalue weighted by molar-refractivity contribution is 7.87. The molecule has 0 unspecified atom stereocenters. The monoisotopic (exact) mass is 396 g/mol. The summed E-state index contributed by atoms with van der Waals surface area (Å²) >= 11 is 0. The van der Waals surface area contributed by atoms with E-state index in [-0.39, 0.29) is 5.75 Å². The summed E-state index contributed by atoms with van der Waals surface area (Å²) in [7, 11) is -3.47. The third kappa shape index (κ3) is 12.9. The van der Waals surface area contributed by atoms with Crippen LogP contribution in [0, 0.1) is 5.92 Å². The Labute approximate surface area is 168 Å². The van der Waals surface area contributed by atoms with Crippen LogP contribution in [0.2, 0.25) is 0 Å². The highest BCUT2D eigenvalue weighted by Gasteiger charge is 2.12. The molecule has 4 heteroatoms. The molecule has 0 radical (unpaired) electrons. The van der Waals surface area contributed by atoms with Gasteiger partial charge in [-0.15, -0.1) is 0 Å².